The van der Waals surface area contributed by atoms with Gasteiger partial charge in [0.2, 0.25) is 5.89 Å². The SMILES string of the molecule is O=C(O)[C@H]1CCCN1Cc1ncc(-c2ccc(Cl)cc2)o1. The molecule has 2 aromatic rings. The molecular formula is C15H15ClN2O3. The van der Waals surface area contributed by atoms with E-state index in [0.29, 0.717) is 29.6 Å². The van der Waals surface area contributed by atoms with Crippen molar-refractivity contribution in [3.8, 4) is 11.3 Å². The number of rotatable bonds is 4. The molecule has 0 radical (unpaired) electrons. The number of hydrogen-bond acceptors (Lipinski definition) is 4. The van der Waals surface area contributed by atoms with Gasteiger partial charge in [-0.25, -0.2) is 4.98 Å². The van der Waals surface area contributed by atoms with E-state index in [1.165, 1.54) is 0 Å². The Hall–Kier alpha value is -1.85. The zero-order valence-electron chi connectivity index (χ0n) is 11.3. The number of oxazole rings is 1. The van der Waals surface area contributed by atoms with Gasteiger partial charge < -0.3 is 9.52 Å². The van der Waals surface area contributed by atoms with Crippen molar-refractivity contribution in [2.24, 2.45) is 0 Å². The van der Waals surface area contributed by atoms with Gasteiger partial charge in [-0.15, -0.1) is 0 Å². The molecule has 0 saturated carbocycles. The van der Waals surface area contributed by atoms with Crippen LogP contribution in [0.25, 0.3) is 11.3 Å². The van der Waals surface area contributed by atoms with Gasteiger partial charge in [0, 0.05) is 10.6 Å². The van der Waals surface area contributed by atoms with Gasteiger partial charge in [-0.1, -0.05) is 11.6 Å². The highest BCUT2D eigenvalue weighted by molar-refractivity contribution is 6.30. The Kier molecular flexibility index (Phi) is 3.94. The van der Waals surface area contributed by atoms with Gasteiger partial charge in [-0.3, -0.25) is 9.69 Å². The second-order valence-electron chi connectivity index (χ2n) is 5.09. The summed E-state index contributed by atoms with van der Waals surface area (Å²) in [6.45, 7) is 1.18. The molecule has 0 aliphatic carbocycles. The summed E-state index contributed by atoms with van der Waals surface area (Å²) in [5.74, 6) is 0.415. The van der Waals surface area contributed by atoms with Crippen LogP contribution < -0.4 is 0 Å². The van der Waals surface area contributed by atoms with E-state index in [1.807, 2.05) is 17.0 Å². The minimum atomic E-state index is -0.781. The number of aromatic nitrogens is 1. The van der Waals surface area contributed by atoms with Crippen molar-refractivity contribution in [2.75, 3.05) is 6.54 Å². The number of halogens is 1. The first-order valence-corrected chi connectivity index (χ1v) is 7.19. The molecule has 0 spiro atoms. The second-order valence-corrected chi connectivity index (χ2v) is 5.53. The Balaban J connectivity index is 1.73. The Morgan fingerprint density at radius 1 is 1.43 bits per heavy atom. The van der Waals surface area contributed by atoms with Gasteiger partial charge in [0.25, 0.3) is 0 Å². The number of carboxylic acids is 1. The molecule has 6 heteroatoms. The third kappa shape index (κ3) is 3.09. The predicted molar refractivity (Wildman–Crippen MR) is 78.0 cm³/mol. The smallest absolute Gasteiger partial charge is 0.320 e. The summed E-state index contributed by atoms with van der Waals surface area (Å²) >= 11 is 5.85. The number of carbonyl (C=O) groups is 1. The van der Waals surface area contributed by atoms with Crippen LogP contribution >= 0.6 is 11.6 Å². The molecule has 0 amide bonds. The first-order chi connectivity index (χ1) is 10.1. The molecular weight excluding hydrogens is 292 g/mol. The molecule has 3 rings (SSSR count). The lowest BCUT2D eigenvalue weighted by Gasteiger charge is -2.18. The number of carboxylic acid groups (broad SMARTS) is 1. The molecule has 1 aliphatic heterocycles. The van der Waals surface area contributed by atoms with E-state index in [9.17, 15) is 4.79 Å². The van der Waals surface area contributed by atoms with Crippen molar-refractivity contribution in [1.82, 2.24) is 9.88 Å². The van der Waals surface area contributed by atoms with E-state index >= 15 is 0 Å². The maximum absolute atomic E-state index is 11.2. The minimum absolute atomic E-state index is 0.421. The van der Waals surface area contributed by atoms with Crippen LogP contribution in [0.3, 0.4) is 0 Å². The highest BCUT2D eigenvalue weighted by Crippen LogP contribution is 2.25. The number of aliphatic carboxylic acids is 1. The minimum Gasteiger partial charge on any atom is -0.480 e. The molecule has 0 unspecified atom stereocenters. The maximum Gasteiger partial charge on any atom is 0.320 e. The highest BCUT2D eigenvalue weighted by atomic mass is 35.5. The molecule has 1 aromatic heterocycles. The van der Waals surface area contributed by atoms with Crippen LogP contribution in [0.15, 0.2) is 34.9 Å². The van der Waals surface area contributed by atoms with Gasteiger partial charge in [0.05, 0.1) is 12.7 Å². The molecule has 0 bridgehead atoms. The summed E-state index contributed by atoms with van der Waals surface area (Å²) in [5, 5.41) is 9.83. The van der Waals surface area contributed by atoms with Gasteiger partial charge in [-0.2, -0.15) is 0 Å². The third-order valence-electron chi connectivity index (χ3n) is 3.67. The largest absolute Gasteiger partial charge is 0.480 e. The van der Waals surface area contributed by atoms with Crippen LogP contribution in [-0.4, -0.2) is 33.5 Å². The first-order valence-electron chi connectivity index (χ1n) is 6.81. The summed E-state index contributed by atoms with van der Waals surface area (Å²) < 4.78 is 5.71. The Morgan fingerprint density at radius 3 is 2.90 bits per heavy atom. The summed E-state index contributed by atoms with van der Waals surface area (Å²) in [4.78, 5) is 17.3. The fraction of sp³-hybridized carbons (Fsp3) is 0.333. The molecule has 1 fully saturated rings. The quantitative estimate of drug-likeness (QED) is 0.940. The lowest BCUT2D eigenvalue weighted by Crippen LogP contribution is -2.35. The van der Waals surface area contributed by atoms with Crippen LogP contribution in [0.1, 0.15) is 18.7 Å². The number of likely N-dealkylation sites (tertiary alicyclic amines) is 1. The summed E-state index contributed by atoms with van der Waals surface area (Å²) in [7, 11) is 0. The van der Waals surface area contributed by atoms with Crippen LogP contribution in [0.5, 0.6) is 0 Å². The monoisotopic (exact) mass is 306 g/mol. The van der Waals surface area contributed by atoms with Crippen molar-refractivity contribution in [3.05, 3.63) is 41.4 Å². The summed E-state index contributed by atoms with van der Waals surface area (Å²) in [6.07, 6.45) is 3.23. The summed E-state index contributed by atoms with van der Waals surface area (Å²) in [6, 6.07) is 6.88. The van der Waals surface area contributed by atoms with E-state index in [2.05, 4.69) is 4.98 Å². The van der Waals surface area contributed by atoms with Crippen LogP contribution in [0.4, 0.5) is 0 Å². The van der Waals surface area contributed by atoms with Crippen LogP contribution in [-0.2, 0) is 11.3 Å². The Labute approximate surface area is 127 Å². The molecule has 1 aromatic carbocycles. The van der Waals surface area contributed by atoms with E-state index in [0.717, 1.165) is 18.5 Å². The van der Waals surface area contributed by atoms with Crippen LogP contribution in [0, 0.1) is 0 Å². The number of hydrogen-bond donors (Lipinski definition) is 1. The maximum atomic E-state index is 11.2. The highest BCUT2D eigenvalue weighted by Gasteiger charge is 2.31. The topological polar surface area (TPSA) is 66.6 Å². The standard InChI is InChI=1S/C15H15ClN2O3/c16-11-5-3-10(4-6-11)13-8-17-14(21-13)9-18-7-1-2-12(18)15(19)20/h3-6,8,12H,1-2,7,9H2,(H,19,20)/t12-/m1/s1. The molecule has 1 N–H and O–H groups in total. The van der Waals surface area contributed by atoms with Crippen LogP contribution in [0.2, 0.25) is 5.02 Å². The Morgan fingerprint density at radius 2 is 2.19 bits per heavy atom. The molecule has 5 nitrogen and oxygen atoms in total. The third-order valence-corrected chi connectivity index (χ3v) is 3.92. The molecule has 1 saturated heterocycles. The van der Waals surface area contributed by atoms with Gasteiger partial charge >= 0.3 is 5.97 Å². The Bertz CT molecular complexity index is 639. The molecule has 2 heterocycles. The van der Waals surface area contributed by atoms with Crippen molar-refractivity contribution in [1.29, 1.82) is 0 Å². The molecule has 110 valence electrons. The van der Waals surface area contributed by atoms with Crippen molar-refractivity contribution < 1.29 is 14.3 Å². The van der Waals surface area contributed by atoms with Gasteiger partial charge in [0.1, 0.15) is 6.04 Å². The van der Waals surface area contributed by atoms with Crippen molar-refractivity contribution >= 4 is 17.6 Å². The lowest BCUT2D eigenvalue weighted by atomic mass is 10.2. The van der Waals surface area contributed by atoms with E-state index < -0.39 is 12.0 Å². The fourth-order valence-electron chi connectivity index (χ4n) is 2.60. The fourth-order valence-corrected chi connectivity index (χ4v) is 2.73. The summed E-state index contributed by atoms with van der Waals surface area (Å²) in [5.41, 5.74) is 0.898. The molecule has 1 aliphatic rings. The predicted octanol–water partition coefficient (Wildman–Crippen LogP) is 3.04. The van der Waals surface area contributed by atoms with E-state index in [-0.39, 0.29) is 0 Å². The van der Waals surface area contributed by atoms with E-state index in [4.69, 9.17) is 21.1 Å². The normalized spacial score (nSPS) is 19.0. The second kappa shape index (κ2) is 5.87. The molecule has 21 heavy (non-hydrogen) atoms. The number of benzene rings is 1. The first kappa shape index (κ1) is 14.1. The average Bonchev–Trinajstić information content (AvgIpc) is 3.09. The van der Waals surface area contributed by atoms with Crippen molar-refractivity contribution in [3.63, 3.8) is 0 Å². The number of nitrogens with zero attached hydrogens (tertiary/aromatic N) is 2. The van der Waals surface area contributed by atoms with Gasteiger partial charge in [0.15, 0.2) is 5.76 Å². The average molecular weight is 307 g/mol. The van der Waals surface area contributed by atoms with Gasteiger partial charge in [-0.05, 0) is 43.7 Å². The van der Waals surface area contributed by atoms with E-state index in [1.54, 1.807) is 18.3 Å². The molecule has 1 atom stereocenters. The van der Waals surface area contributed by atoms with Crippen molar-refractivity contribution in [2.45, 2.75) is 25.4 Å². The zero-order valence-corrected chi connectivity index (χ0v) is 12.1. The zero-order chi connectivity index (χ0) is 14.8. The lowest BCUT2D eigenvalue weighted by molar-refractivity contribution is -0.142.